The summed E-state index contributed by atoms with van der Waals surface area (Å²) in [7, 11) is 0. The molecule has 2 nitrogen and oxygen atoms in total. The molecular weight excluding hydrogens is 236 g/mol. The monoisotopic (exact) mass is 268 g/mol. The molecule has 0 aliphatic carbocycles. The van der Waals surface area contributed by atoms with Gasteiger partial charge in [0.15, 0.2) is 0 Å². The topological polar surface area (TPSA) is 34.1 Å². The average Bonchev–Trinajstić information content (AvgIpc) is 2.31. The maximum Gasteiger partial charge on any atom is 0.130 e. The Hall–Kier alpha value is -1.18. The number of rotatable bonds is 8. The van der Waals surface area contributed by atoms with Gasteiger partial charge >= 0.3 is 0 Å². The second-order valence-corrected chi connectivity index (χ2v) is 4.24. The van der Waals surface area contributed by atoms with Crippen LogP contribution >= 0.6 is 0 Å². The fraction of sp³-hybridized carbons (Fsp3) is 0.647. The van der Waals surface area contributed by atoms with Crippen molar-refractivity contribution < 1.29 is 9.59 Å². The number of carbonyl (C=O) groups excluding carboxylic acids is 2. The van der Waals surface area contributed by atoms with Crippen LogP contribution in [0, 0.1) is 0 Å². The van der Waals surface area contributed by atoms with Crippen LogP contribution in [0.4, 0.5) is 0 Å². The summed E-state index contributed by atoms with van der Waals surface area (Å²) >= 11 is 0. The van der Waals surface area contributed by atoms with Crippen LogP contribution < -0.4 is 0 Å². The van der Waals surface area contributed by atoms with E-state index in [1.807, 2.05) is 0 Å². The molecule has 0 aliphatic heterocycles. The van der Waals surface area contributed by atoms with Crippen molar-refractivity contribution in [2.45, 2.75) is 73.6 Å². The highest BCUT2D eigenvalue weighted by Gasteiger charge is 1.87. The molecule has 0 spiro atoms. The highest BCUT2D eigenvalue weighted by Crippen LogP contribution is 1.93. The minimum absolute atomic E-state index is 0. The van der Waals surface area contributed by atoms with Crippen molar-refractivity contribution in [2.75, 3.05) is 0 Å². The SMILES string of the molecule is C.CC/C=C\CCC(C)=O.CCC=CCCC(C)=O. The molecule has 0 aromatic heterocycles. The number of allylic oxidation sites excluding steroid dienone is 4. The maximum atomic E-state index is 10.4. The Bertz CT molecular complexity index is 234. The molecule has 0 N–H and O–H groups in total. The molecule has 0 amide bonds. The lowest BCUT2D eigenvalue weighted by atomic mass is 10.2. The summed E-state index contributed by atoms with van der Waals surface area (Å²) in [5.74, 6) is 0.548. The van der Waals surface area contributed by atoms with Gasteiger partial charge in [-0.25, -0.2) is 0 Å². The predicted molar refractivity (Wildman–Crippen MR) is 85.4 cm³/mol. The lowest BCUT2D eigenvalue weighted by Crippen LogP contribution is -1.85. The van der Waals surface area contributed by atoms with Gasteiger partial charge in [0.05, 0.1) is 0 Å². The lowest BCUT2D eigenvalue weighted by Gasteiger charge is -1.85. The minimum Gasteiger partial charge on any atom is -0.300 e. The molecule has 0 aromatic rings. The van der Waals surface area contributed by atoms with E-state index in [0.717, 1.165) is 25.7 Å². The number of Topliss-reactive ketones (excluding diaryl/α,β-unsaturated/α-hetero) is 2. The molecule has 112 valence electrons. The molecule has 2 heteroatoms. The van der Waals surface area contributed by atoms with Crippen molar-refractivity contribution >= 4 is 11.6 Å². The number of ketones is 2. The van der Waals surface area contributed by atoms with E-state index in [9.17, 15) is 9.59 Å². The number of hydrogen-bond donors (Lipinski definition) is 0. The number of hydrogen-bond acceptors (Lipinski definition) is 2. The zero-order valence-corrected chi connectivity index (χ0v) is 12.4. The minimum atomic E-state index is 0. The molecule has 0 rings (SSSR count). The summed E-state index contributed by atoms with van der Waals surface area (Å²) in [4.78, 5) is 20.7. The van der Waals surface area contributed by atoms with E-state index in [1.54, 1.807) is 13.8 Å². The van der Waals surface area contributed by atoms with E-state index in [1.165, 1.54) is 0 Å². The predicted octanol–water partition coefficient (Wildman–Crippen LogP) is 5.28. The zero-order chi connectivity index (χ0) is 14.2. The summed E-state index contributed by atoms with van der Waals surface area (Å²) in [6, 6.07) is 0. The van der Waals surface area contributed by atoms with Crippen molar-refractivity contribution in [3.05, 3.63) is 24.3 Å². The smallest absolute Gasteiger partial charge is 0.130 e. The van der Waals surface area contributed by atoms with Gasteiger partial charge in [0.2, 0.25) is 0 Å². The number of carbonyl (C=O) groups is 2. The molecule has 0 aromatic carbocycles. The first-order chi connectivity index (χ1) is 8.54. The first kappa shape index (κ1) is 23.0. The molecule has 0 radical (unpaired) electrons. The highest BCUT2D eigenvalue weighted by atomic mass is 16.1. The van der Waals surface area contributed by atoms with Crippen LogP contribution in [-0.2, 0) is 9.59 Å². The normalized spacial score (nSPS) is 9.89. The third kappa shape index (κ3) is 31.6. The summed E-state index contributed by atoms with van der Waals surface area (Å²) < 4.78 is 0. The van der Waals surface area contributed by atoms with Gasteiger partial charge in [-0.3, -0.25) is 0 Å². The molecule has 0 saturated heterocycles. The van der Waals surface area contributed by atoms with Crippen LogP contribution in [0.3, 0.4) is 0 Å². The molecule has 0 aliphatic rings. The molecular formula is C17H32O2. The van der Waals surface area contributed by atoms with Crippen molar-refractivity contribution in [1.82, 2.24) is 0 Å². The van der Waals surface area contributed by atoms with Crippen molar-refractivity contribution in [2.24, 2.45) is 0 Å². The van der Waals surface area contributed by atoms with E-state index in [2.05, 4.69) is 38.2 Å². The molecule has 0 atom stereocenters. The third-order valence-electron chi connectivity index (χ3n) is 2.13. The standard InChI is InChI=1S/2C8H14O.CH4/c2*1-3-4-5-6-7-8(2)9;/h2*4-5H,3,6-7H2,1-2H3;1H4/b5-4-;;. The Morgan fingerprint density at radius 2 is 1.05 bits per heavy atom. The summed E-state index contributed by atoms with van der Waals surface area (Å²) in [6.07, 6.45) is 13.6. The van der Waals surface area contributed by atoms with Crippen molar-refractivity contribution in [3.8, 4) is 0 Å². The van der Waals surface area contributed by atoms with Crippen LogP contribution in [0.1, 0.15) is 73.6 Å². The van der Waals surface area contributed by atoms with Crippen LogP contribution in [0.25, 0.3) is 0 Å². The second kappa shape index (κ2) is 19.2. The Morgan fingerprint density at radius 3 is 1.26 bits per heavy atom. The van der Waals surface area contributed by atoms with Gasteiger partial charge in [-0.05, 0) is 39.5 Å². The second-order valence-electron chi connectivity index (χ2n) is 4.24. The molecule has 0 unspecified atom stereocenters. The maximum absolute atomic E-state index is 10.4. The fourth-order valence-electron chi connectivity index (χ4n) is 1.14. The molecule has 0 saturated carbocycles. The van der Waals surface area contributed by atoms with Gasteiger partial charge in [-0.15, -0.1) is 0 Å². The fourth-order valence-corrected chi connectivity index (χ4v) is 1.14. The Labute approximate surface area is 120 Å². The van der Waals surface area contributed by atoms with Crippen molar-refractivity contribution in [1.29, 1.82) is 0 Å². The van der Waals surface area contributed by atoms with Gasteiger partial charge in [0, 0.05) is 12.8 Å². The van der Waals surface area contributed by atoms with E-state index in [0.29, 0.717) is 12.8 Å². The highest BCUT2D eigenvalue weighted by molar-refractivity contribution is 5.75. The summed E-state index contributed by atoms with van der Waals surface area (Å²) in [5.41, 5.74) is 0. The quantitative estimate of drug-likeness (QED) is 0.561. The molecule has 19 heavy (non-hydrogen) atoms. The summed E-state index contributed by atoms with van der Waals surface area (Å²) in [6.45, 7) is 7.42. The molecule has 0 bridgehead atoms. The van der Waals surface area contributed by atoms with Crippen LogP contribution in [0.5, 0.6) is 0 Å². The van der Waals surface area contributed by atoms with Crippen LogP contribution in [0.2, 0.25) is 0 Å². The molecule has 0 fully saturated rings. The third-order valence-corrected chi connectivity index (χ3v) is 2.13. The average molecular weight is 268 g/mol. The first-order valence-corrected chi connectivity index (χ1v) is 6.83. The first-order valence-electron chi connectivity index (χ1n) is 6.83. The van der Waals surface area contributed by atoms with Gasteiger partial charge in [0.1, 0.15) is 11.6 Å². The van der Waals surface area contributed by atoms with Crippen LogP contribution in [-0.4, -0.2) is 11.6 Å². The largest absolute Gasteiger partial charge is 0.300 e. The van der Waals surface area contributed by atoms with E-state index in [-0.39, 0.29) is 19.0 Å². The van der Waals surface area contributed by atoms with E-state index >= 15 is 0 Å². The molecule has 0 heterocycles. The zero-order valence-electron chi connectivity index (χ0n) is 12.4. The Balaban J connectivity index is -0.000000256. The van der Waals surface area contributed by atoms with E-state index in [4.69, 9.17) is 0 Å². The van der Waals surface area contributed by atoms with Gasteiger partial charge in [-0.1, -0.05) is 45.6 Å². The van der Waals surface area contributed by atoms with Gasteiger partial charge in [0.25, 0.3) is 0 Å². The van der Waals surface area contributed by atoms with E-state index < -0.39 is 0 Å². The van der Waals surface area contributed by atoms with Gasteiger partial charge < -0.3 is 9.59 Å². The van der Waals surface area contributed by atoms with Crippen molar-refractivity contribution in [3.63, 3.8) is 0 Å². The Kier molecular flexibility index (Phi) is 23.2. The van der Waals surface area contributed by atoms with Gasteiger partial charge in [-0.2, -0.15) is 0 Å². The van der Waals surface area contributed by atoms with Crippen LogP contribution in [0.15, 0.2) is 24.3 Å². The summed E-state index contributed by atoms with van der Waals surface area (Å²) in [5, 5.41) is 0. The lowest BCUT2D eigenvalue weighted by molar-refractivity contribution is -0.117. The Morgan fingerprint density at radius 1 is 0.737 bits per heavy atom.